The Balaban J connectivity index is 1.89. The third kappa shape index (κ3) is 4.73. The first-order valence-electron chi connectivity index (χ1n) is 7.44. The highest BCUT2D eigenvalue weighted by Crippen LogP contribution is 2.10. The number of urea groups is 1. The number of sulfone groups is 1. The molecule has 2 rings (SSSR count). The summed E-state index contributed by atoms with van der Waals surface area (Å²) in [7, 11) is -3.05. The van der Waals surface area contributed by atoms with Crippen molar-refractivity contribution in [3.63, 3.8) is 0 Å². The Morgan fingerprint density at radius 2 is 1.96 bits per heavy atom. The first-order chi connectivity index (χ1) is 11.3. The van der Waals surface area contributed by atoms with Gasteiger partial charge in [0.25, 0.3) is 0 Å². The minimum Gasteiger partial charge on any atom is -0.339 e. The Morgan fingerprint density at radius 1 is 1.29 bits per heavy atom. The topological polar surface area (TPSA) is 95.6 Å². The molecule has 1 atom stereocenters. The lowest BCUT2D eigenvalue weighted by Crippen LogP contribution is -2.52. The van der Waals surface area contributed by atoms with E-state index in [0.717, 1.165) is 0 Å². The van der Waals surface area contributed by atoms with Crippen LogP contribution >= 0.6 is 0 Å². The first-order valence-corrected chi connectivity index (χ1v) is 9.26. The number of carbonyl (C=O) groups excluding carboxylic acids is 2. The molecule has 24 heavy (non-hydrogen) atoms. The quantitative estimate of drug-likeness (QED) is 0.774. The van der Waals surface area contributed by atoms with Crippen LogP contribution in [0.15, 0.2) is 24.3 Å². The molecule has 0 saturated carbocycles. The molecule has 2 N–H and O–H groups in total. The Morgan fingerprint density at radius 3 is 2.58 bits per heavy atom. The third-order valence-electron chi connectivity index (χ3n) is 3.66. The maximum Gasteiger partial charge on any atom is 0.319 e. The molecule has 0 aliphatic carbocycles. The Hall–Kier alpha value is -2.53. The lowest BCUT2D eigenvalue weighted by atomic mass is 10.2. The van der Waals surface area contributed by atoms with E-state index >= 15 is 0 Å². The fourth-order valence-corrected chi connectivity index (χ4v) is 3.52. The van der Waals surface area contributed by atoms with Crippen LogP contribution in [0.5, 0.6) is 0 Å². The second-order valence-corrected chi connectivity index (χ2v) is 7.83. The Bertz CT molecular complexity index is 769. The van der Waals surface area contributed by atoms with E-state index in [2.05, 4.69) is 16.6 Å². The van der Waals surface area contributed by atoms with Crippen molar-refractivity contribution in [3.05, 3.63) is 29.8 Å². The molecule has 0 radical (unpaired) electrons. The highest BCUT2D eigenvalue weighted by molar-refractivity contribution is 7.91. The molecule has 1 saturated heterocycles. The highest BCUT2D eigenvalue weighted by atomic mass is 32.2. The average Bonchev–Trinajstić information content (AvgIpc) is 2.54. The number of nitrogens with one attached hydrogen (secondary N) is 2. The van der Waals surface area contributed by atoms with Crippen LogP contribution in [-0.4, -0.2) is 55.9 Å². The minimum absolute atomic E-state index is 0.0451. The van der Waals surface area contributed by atoms with E-state index in [1.54, 1.807) is 31.2 Å². The molecular weight excluding hydrogens is 330 g/mol. The SMILES string of the molecule is C#Cc1cccc(NC(=O)N[C@@H](C)C(=O)N2CCS(=O)(=O)CC2)c1. The molecule has 0 spiro atoms. The predicted octanol–water partition coefficient (Wildman–Crippen LogP) is 0.435. The molecule has 0 unspecified atom stereocenters. The number of nitrogens with zero attached hydrogens (tertiary/aromatic N) is 1. The fraction of sp³-hybridized carbons (Fsp3) is 0.375. The molecular formula is C16H19N3O4S. The van der Waals surface area contributed by atoms with E-state index in [-0.39, 0.29) is 30.5 Å². The fourth-order valence-electron chi connectivity index (χ4n) is 2.32. The Labute approximate surface area is 141 Å². The number of anilines is 1. The summed E-state index contributed by atoms with van der Waals surface area (Å²) in [5.74, 6) is 2.07. The summed E-state index contributed by atoms with van der Waals surface area (Å²) in [6.07, 6.45) is 5.30. The van der Waals surface area contributed by atoms with Crippen LogP contribution in [0.4, 0.5) is 10.5 Å². The van der Waals surface area contributed by atoms with Gasteiger partial charge in [0.2, 0.25) is 5.91 Å². The molecule has 3 amide bonds. The van der Waals surface area contributed by atoms with E-state index in [1.807, 2.05) is 0 Å². The van der Waals surface area contributed by atoms with E-state index in [4.69, 9.17) is 6.42 Å². The summed E-state index contributed by atoms with van der Waals surface area (Å²) in [5.41, 5.74) is 1.15. The number of benzene rings is 1. The normalized spacial score (nSPS) is 17.4. The molecule has 1 fully saturated rings. The van der Waals surface area contributed by atoms with Gasteiger partial charge >= 0.3 is 6.03 Å². The zero-order valence-electron chi connectivity index (χ0n) is 13.3. The monoisotopic (exact) mass is 349 g/mol. The summed E-state index contributed by atoms with van der Waals surface area (Å²) >= 11 is 0. The number of hydrogen-bond donors (Lipinski definition) is 2. The van der Waals surface area contributed by atoms with Gasteiger partial charge in [0.05, 0.1) is 11.5 Å². The largest absolute Gasteiger partial charge is 0.339 e. The van der Waals surface area contributed by atoms with Gasteiger partial charge in [0.1, 0.15) is 6.04 Å². The Kier molecular flexibility index (Phi) is 5.46. The summed E-state index contributed by atoms with van der Waals surface area (Å²) < 4.78 is 22.8. The number of terminal acetylenes is 1. The van der Waals surface area contributed by atoms with Crippen molar-refractivity contribution in [1.29, 1.82) is 0 Å². The van der Waals surface area contributed by atoms with Crippen LogP contribution in [0.2, 0.25) is 0 Å². The van der Waals surface area contributed by atoms with Gasteiger partial charge in [-0.05, 0) is 25.1 Å². The maximum atomic E-state index is 12.3. The van der Waals surface area contributed by atoms with Gasteiger partial charge in [0.15, 0.2) is 9.84 Å². The number of rotatable bonds is 3. The molecule has 8 heteroatoms. The van der Waals surface area contributed by atoms with Crippen LogP contribution in [0, 0.1) is 12.3 Å². The zero-order valence-corrected chi connectivity index (χ0v) is 14.1. The van der Waals surface area contributed by atoms with Crippen LogP contribution in [0.3, 0.4) is 0 Å². The molecule has 7 nitrogen and oxygen atoms in total. The van der Waals surface area contributed by atoms with Crippen molar-refractivity contribution in [2.45, 2.75) is 13.0 Å². The summed E-state index contributed by atoms with van der Waals surface area (Å²) in [6.45, 7) is 1.86. The van der Waals surface area contributed by atoms with Gasteiger partial charge in [-0.15, -0.1) is 6.42 Å². The second kappa shape index (κ2) is 7.36. The molecule has 1 aliphatic heterocycles. The summed E-state index contributed by atoms with van der Waals surface area (Å²) in [5, 5.41) is 5.15. The van der Waals surface area contributed by atoms with Crippen molar-refractivity contribution in [1.82, 2.24) is 10.2 Å². The average molecular weight is 349 g/mol. The number of amides is 3. The molecule has 1 heterocycles. The summed E-state index contributed by atoms with van der Waals surface area (Å²) in [6, 6.07) is 5.48. The van der Waals surface area contributed by atoms with Crippen molar-refractivity contribution in [2.75, 3.05) is 29.9 Å². The number of carbonyl (C=O) groups is 2. The van der Waals surface area contributed by atoms with Crippen LogP contribution in [0.1, 0.15) is 12.5 Å². The highest BCUT2D eigenvalue weighted by Gasteiger charge is 2.28. The standard InChI is InChI=1S/C16H19N3O4S/c1-3-13-5-4-6-14(11-13)18-16(21)17-12(2)15(20)19-7-9-24(22,23)10-8-19/h1,4-6,11-12H,7-10H2,2H3,(H2,17,18,21)/t12-/m0/s1. The molecule has 128 valence electrons. The smallest absolute Gasteiger partial charge is 0.319 e. The van der Waals surface area contributed by atoms with Gasteiger partial charge in [-0.25, -0.2) is 13.2 Å². The van der Waals surface area contributed by atoms with Crippen LogP contribution < -0.4 is 10.6 Å². The van der Waals surface area contributed by atoms with E-state index < -0.39 is 21.9 Å². The lowest BCUT2D eigenvalue weighted by molar-refractivity contribution is -0.132. The number of hydrogen-bond acceptors (Lipinski definition) is 4. The van der Waals surface area contributed by atoms with Gasteiger partial charge < -0.3 is 15.5 Å². The van der Waals surface area contributed by atoms with Crippen LogP contribution in [-0.2, 0) is 14.6 Å². The molecule has 1 aliphatic rings. The van der Waals surface area contributed by atoms with Crippen molar-refractivity contribution in [2.24, 2.45) is 0 Å². The molecule has 1 aromatic rings. The van der Waals surface area contributed by atoms with E-state index in [0.29, 0.717) is 11.3 Å². The van der Waals surface area contributed by atoms with Gasteiger partial charge in [-0.2, -0.15) is 0 Å². The van der Waals surface area contributed by atoms with E-state index in [1.165, 1.54) is 4.90 Å². The van der Waals surface area contributed by atoms with Crippen molar-refractivity contribution >= 4 is 27.5 Å². The molecule has 0 aromatic heterocycles. The van der Waals surface area contributed by atoms with Crippen LogP contribution in [0.25, 0.3) is 0 Å². The molecule has 0 bridgehead atoms. The van der Waals surface area contributed by atoms with Crippen molar-refractivity contribution in [3.8, 4) is 12.3 Å². The first kappa shape index (κ1) is 17.8. The van der Waals surface area contributed by atoms with Gasteiger partial charge in [-0.3, -0.25) is 4.79 Å². The minimum atomic E-state index is -3.05. The van der Waals surface area contributed by atoms with Gasteiger partial charge in [0, 0.05) is 24.3 Å². The predicted molar refractivity (Wildman–Crippen MR) is 91.2 cm³/mol. The zero-order chi connectivity index (χ0) is 17.7. The second-order valence-electron chi connectivity index (χ2n) is 5.52. The van der Waals surface area contributed by atoms with Crippen molar-refractivity contribution < 1.29 is 18.0 Å². The lowest BCUT2D eigenvalue weighted by Gasteiger charge is -2.29. The van der Waals surface area contributed by atoms with E-state index in [9.17, 15) is 18.0 Å². The van der Waals surface area contributed by atoms with Gasteiger partial charge in [-0.1, -0.05) is 12.0 Å². The molecule has 1 aromatic carbocycles. The maximum absolute atomic E-state index is 12.3. The third-order valence-corrected chi connectivity index (χ3v) is 5.27. The summed E-state index contributed by atoms with van der Waals surface area (Å²) in [4.78, 5) is 25.7.